The van der Waals surface area contributed by atoms with Gasteiger partial charge in [0.15, 0.2) is 5.89 Å². The molecule has 2 aromatic heterocycles. The maximum atomic E-state index is 5.32. The van der Waals surface area contributed by atoms with E-state index in [-0.39, 0.29) is 0 Å². The molecule has 0 saturated heterocycles. The van der Waals surface area contributed by atoms with Crippen LogP contribution in [0.4, 0.5) is 0 Å². The van der Waals surface area contributed by atoms with Crippen molar-refractivity contribution in [3.05, 3.63) is 35.0 Å². The Morgan fingerprint density at radius 1 is 1.50 bits per heavy atom. The standard InChI is InChI=1S/C8H8N2OS/c1-6-9-4-8(11-6)2-7-3-10-12-5-7/h3-5H,2H2,1H3. The van der Waals surface area contributed by atoms with E-state index in [0.717, 1.165) is 12.2 Å². The molecule has 0 aliphatic rings. The van der Waals surface area contributed by atoms with Crippen molar-refractivity contribution < 1.29 is 4.42 Å². The molecule has 2 heterocycles. The van der Waals surface area contributed by atoms with Crippen LogP contribution in [0.15, 0.2) is 22.2 Å². The van der Waals surface area contributed by atoms with Gasteiger partial charge < -0.3 is 4.42 Å². The molecule has 0 aliphatic carbocycles. The van der Waals surface area contributed by atoms with Crippen LogP contribution in [-0.4, -0.2) is 9.36 Å². The molecule has 0 fully saturated rings. The summed E-state index contributed by atoms with van der Waals surface area (Å²) < 4.78 is 9.33. The zero-order valence-corrected chi connectivity index (χ0v) is 7.47. The summed E-state index contributed by atoms with van der Waals surface area (Å²) in [5.74, 6) is 1.61. The van der Waals surface area contributed by atoms with E-state index in [1.54, 1.807) is 6.20 Å². The Balaban J connectivity index is 2.14. The fourth-order valence-electron chi connectivity index (χ4n) is 1.00. The minimum atomic E-state index is 0.716. The first-order valence-electron chi connectivity index (χ1n) is 3.64. The highest BCUT2D eigenvalue weighted by atomic mass is 32.1. The van der Waals surface area contributed by atoms with E-state index >= 15 is 0 Å². The number of aryl methyl sites for hydroxylation is 1. The van der Waals surface area contributed by atoms with Crippen LogP contribution in [0.5, 0.6) is 0 Å². The highest BCUT2D eigenvalue weighted by molar-refractivity contribution is 7.03. The summed E-state index contributed by atoms with van der Waals surface area (Å²) in [5, 5.41) is 2.01. The lowest BCUT2D eigenvalue weighted by Crippen LogP contribution is -1.80. The van der Waals surface area contributed by atoms with Gasteiger partial charge in [-0.25, -0.2) is 9.36 Å². The fraction of sp³-hybridized carbons (Fsp3) is 0.250. The van der Waals surface area contributed by atoms with Crippen molar-refractivity contribution in [1.29, 1.82) is 0 Å². The summed E-state index contributed by atoms with van der Waals surface area (Å²) in [4.78, 5) is 4.01. The van der Waals surface area contributed by atoms with Gasteiger partial charge in [0.05, 0.1) is 6.20 Å². The topological polar surface area (TPSA) is 38.9 Å². The van der Waals surface area contributed by atoms with Crippen LogP contribution in [0.1, 0.15) is 17.2 Å². The number of hydrogen-bond acceptors (Lipinski definition) is 4. The summed E-state index contributed by atoms with van der Waals surface area (Å²) >= 11 is 1.45. The second-order valence-electron chi connectivity index (χ2n) is 2.56. The van der Waals surface area contributed by atoms with Crippen molar-refractivity contribution in [2.24, 2.45) is 0 Å². The lowest BCUT2D eigenvalue weighted by Gasteiger charge is -1.88. The molecule has 0 atom stereocenters. The van der Waals surface area contributed by atoms with Crippen LogP contribution in [0.3, 0.4) is 0 Å². The molecule has 0 unspecified atom stereocenters. The van der Waals surface area contributed by atoms with Gasteiger partial charge in [-0.1, -0.05) is 0 Å². The molecular formula is C8H8N2OS. The van der Waals surface area contributed by atoms with Crippen molar-refractivity contribution in [2.75, 3.05) is 0 Å². The molecule has 2 rings (SSSR count). The lowest BCUT2D eigenvalue weighted by molar-refractivity contribution is 0.484. The van der Waals surface area contributed by atoms with Gasteiger partial charge in [-0.15, -0.1) is 0 Å². The Morgan fingerprint density at radius 3 is 3.00 bits per heavy atom. The van der Waals surface area contributed by atoms with Crippen LogP contribution >= 0.6 is 11.5 Å². The number of aromatic nitrogens is 2. The van der Waals surface area contributed by atoms with Crippen molar-refractivity contribution in [3.8, 4) is 0 Å². The van der Waals surface area contributed by atoms with E-state index in [4.69, 9.17) is 4.42 Å². The van der Waals surface area contributed by atoms with Gasteiger partial charge in [0.2, 0.25) is 0 Å². The quantitative estimate of drug-likeness (QED) is 0.709. The lowest BCUT2D eigenvalue weighted by atomic mass is 10.2. The molecule has 0 amide bonds. The van der Waals surface area contributed by atoms with Crippen LogP contribution in [0, 0.1) is 6.92 Å². The molecule has 3 nitrogen and oxygen atoms in total. The van der Waals surface area contributed by atoms with E-state index in [0.29, 0.717) is 5.89 Å². The average molecular weight is 180 g/mol. The number of hydrogen-bond donors (Lipinski definition) is 0. The normalized spacial score (nSPS) is 10.4. The first-order chi connectivity index (χ1) is 5.84. The highest BCUT2D eigenvalue weighted by Crippen LogP contribution is 2.10. The van der Waals surface area contributed by atoms with Gasteiger partial charge in [-0.3, -0.25) is 0 Å². The molecule has 0 saturated carbocycles. The van der Waals surface area contributed by atoms with E-state index in [2.05, 4.69) is 9.36 Å². The zero-order valence-electron chi connectivity index (χ0n) is 6.65. The third-order valence-electron chi connectivity index (χ3n) is 1.53. The van der Waals surface area contributed by atoms with E-state index < -0.39 is 0 Å². The molecule has 0 radical (unpaired) electrons. The summed E-state index contributed by atoms with van der Waals surface area (Å²) in [5.41, 5.74) is 1.18. The Morgan fingerprint density at radius 2 is 2.42 bits per heavy atom. The summed E-state index contributed by atoms with van der Waals surface area (Å²) in [7, 11) is 0. The largest absolute Gasteiger partial charge is 0.446 e. The van der Waals surface area contributed by atoms with Crippen molar-refractivity contribution in [2.45, 2.75) is 13.3 Å². The monoisotopic (exact) mass is 180 g/mol. The summed E-state index contributed by atoms with van der Waals surface area (Å²) in [6.45, 7) is 1.84. The third kappa shape index (κ3) is 1.53. The maximum Gasteiger partial charge on any atom is 0.191 e. The third-order valence-corrected chi connectivity index (χ3v) is 2.17. The minimum Gasteiger partial charge on any atom is -0.446 e. The Labute approximate surface area is 74.2 Å². The predicted octanol–water partition coefficient (Wildman–Crippen LogP) is 2.03. The minimum absolute atomic E-state index is 0.716. The van der Waals surface area contributed by atoms with Gasteiger partial charge in [-0.05, 0) is 17.1 Å². The Bertz CT molecular complexity index is 353. The number of oxazole rings is 1. The predicted molar refractivity (Wildman–Crippen MR) is 46.2 cm³/mol. The summed E-state index contributed by atoms with van der Waals surface area (Å²) in [6, 6.07) is 0. The molecule has 0 aliphatic heterocycles. The molecule has 2 aromatic rings. The Hall–Kier alpha value is -1.16. The molecular weight excluding hydrogens is 172 g/mol. The molecule has 0 aromatic carbocycles. The van der Waals surface area contributed by atoms with Crippen LogP contribution in [0.2, 0.25) is 0 Å². The van der Waals surface area contributed by atoms with Gasteiger partial charge >= 0.3 is 0 Å². The second kappa shape index (κ2) is 3.06. The first-order valence-corrected chi connectivity index (χ1v) is 4.48. The van der Waals surface area contributed by atoms with Gasteiger partial charge in [0, 0.05) is 24.9 Å². The van der Waals surface area contributed by atoms with Gasteiger partial charge in [0.1, 0.15) is 5.76 Å². The average Bonchev–Trinajstić information content (AvgIpc) is 2.63. The van der Waals surface area contributed by atoms with E-state index in [1.165, 1.54) is 17.1 Å². The second-order valence-corrected chi connectivity index (χ2v) is 3.21. The highest BCUT2D eigenvalue weighted by Gasteiger charge is 2.01. The van der Waals surface area contributed by atoms with Crippen molar-refractivity contribution in [3.63, 3.8) is 0 Å². The van der Waals surface area contributed by atoms with Crippen LogP contribution < -0.4 is 0 Å². The summed E-state index contributed by atoms with van der Waals surface area (Å²) in [6.07, 6.45) is 4.40. The molecule has 0 spiro atoms. The van der Waals surface area contributed by atoms with Crippen LogP contribution in [0.25, 0.3) is 0 Å². The van der Waals surface area contributed by atoms with Crippen molar-refractivity contribution in [1.82, 2.24) is 9.36 Å². The van der Waals surface area contributed by atoms with Gasteiger partial charge in [0.25, 0.3) is 0 Å². The Kier molecular flexibility index (Phi) is 1.91. The maximum absolute atomic E-state index is 5.32. The smallest absolute Gasteiger partial charge is 0.191 e. The zero-order chi connectivity index (χ0) is 8.39. The molecule has 0 N–H and O–H groups in total. The van der Waals surface area contributed by atoms with Gasteiger partial charge in [-0.2, -0.15) is 0 Å². The molecule has 0 bridgehead atoms. The SMILES string of the molecule is Cc1ncc(Cc2cnsc2)o1. The first kappa shape index (κ1) is 7.49. The van der Waals surface area contributed by atoms with Crippen molar-refractivity contribution >= 4 is 11.5 Å². The molecule has 12 heavy (non-hydrogen) atoms. The molecule has 62 valence electrons. The number of nitrogens with zero attached hydrogens (tertiary/aromatic N) is 2. The van der Waals surface area contributed by atoms with E-state index in [1.807, 2.05) is 18.5 Å². The van der Waals surface area contributed by atoms with Crippen LogP contribution in [-0.2, 0) is 6.42 Å². The van der Waals surface area contributed by atoms with E-state index in [9.17, 15) is 0 Å². The molecule has 4 heteroatoms. The fourth-order valence-corrected chi connectivity index (χ4v) is 1.54. The number of rotatable bonds is 2.